The first-order valence-electron chi connectivity index (χ1n) is 7.78. The maximum atomic E-state index is 12.7. The van der Waals surface area contributed by atoms with Crippen LogP contribution in [0.3, 0.4) is 0 Å². The molecule has 0 atom stereocenters. The molecule has 0 fully saturated rings. The van der Waals surface area contributed by atoms with Gasteiger partial charge >= 0.3 is 24.0 Å². The molecule has 0 aliphatic rings. The van der Waals surface area contributed by atoms with E-state index in [1.165, 1.54) is 24.3 Å². The second-order valence-corrected chi connectivity index (χ2v) is 5.25. The molecule has 0 aliphatic carbocycles. The van der Waals surface area contributed by atoms with Crippen molar-refractivity contribution >= 4 is 29.2 Å². The van der Waals surface area contributed by atoms with Gasteiger partial charge in [0.05, 0.1) is 23.4 Å². The van der Waals surface area contributed by atoms with Gasteiger partial charge in [0.2, 0.25) is 0 Å². The summed E-state index contributed by atoms with van der Waals surface area (Å²) in [5.41, 5.74) is -1.07. The van der Waals surface area contributed by atoms with Gasteiger partial charge in [-0.15, -0.1) is 0 Å². The Bertz CT molecular complexity index is 866. The van der Waals surface area contributed by atoms with Crippen LogP contribution < -0.4 is 10.6 Å². The quantitative estimate of drug-likeness (QED) is 0.629. The third-order valence-corrected chi connectivity index (χ3v) is 3.32. The van der Waals surface area contributed by atoms with Crippen molar-refractivity contribution in [2.24, 2.45) is 0 Å². The lowest BCUT2D eigenvalue weighted by molar-refractivity contribution is -0.137. The summed E-state index contributed by atoms with van der Waals surface area (Å²) in [4.78, 5) is 35.9. The highest BCUT2D eigenvalue weighted by Gasteiger charge is 2.30. The molecule has 2 aromatic carbocycles. The number of hydrogen-bond donors (Lipinski definition) is 2. The van der Waals surface area contributed by atoms with Crippen molar-refractivity contribution in [2.45, 2.75) is 13.1 Å². The van der Waals surface area contributed by atoms with E-state index in [1.54, 1.807) is 13.0 Å². The van der Waals surface area contributed by atoms with Crippen molar-refractivity contribution in [3.8, 4) is 0 Å². The SMILES string of the molecule is CCOC(=O)c1ccccc1NC(=O)C(=O)Nc1cccc(C(F)(F)F)c1. The van der Waals surface area contributed by atoms with E-state index < -0.39 is 29.5 Å². The van der Waals surface area contributed by atoms with E-state index in [4.69, 9.17) is 4.74 Å². The van der Waals surface area contributed by atoms with Gasteiger partial charge in [-0.1, -0.05) is 18.2 Å². The van der Waals surface area contributed by atoms with Crippen LogP contribution in [-0.2, 0) is 20.5 Å². The number of halogens is 3. The number of benzene rings is 2. The third-order valence-electron chi connectivity index (χ3n) is 3.32. The van der Waals surface area contributed by atoms with Crippen LogP contribution in [-0.4, -0.2) is 24.4 Å². The Kier molecular flexibility index (Phi) is 6.17. The van der Waals surface area contributed by atoms with E-state index in [0.29, 0.717) is 6.07 Å². The predicted molar refractivity (Wildman–Crippen MR) is 91.1 cm³/mol. The predicted octanol–water partition coefficient (Wildman–Crippen LogP) is 3.46. The van der Waals surface area contributed by atoms with E-state index >= 15 is 0 Å². The van der Waals surface area contributed by atoms with Crippen molar-refractivity contribution in [3.05, 3.63) is 59.7 Å². The van der Waals surface area contributed by atoms with Crippen LogP contribution in [0.1, 0.15) is 22.8 Å². The molecule has 2 N–H and O–H groups in total. The Morgan fingerprint density at radius 2 is 1.63 bits per heavy atom. The molecule has 0 heterocycles. The van der Waals surface area contributed by atoms with Gasteiger partial charge in [-0.2, -0.15) is 13.2 Å². The molecule has 0 spiro atoms. The molecule has 0 saturated heterocycles. The number of ether oxygens (including phenoxy) is 1. The summed E-state index contributed by atoms with van der Waals surface area (Å²) < 4.78 is 42.9. The summed E-state index contributed by atoms with van der Waals surface area (Å²) in [6, 6.07) is 9.73. The minimum absolute atomic E-state index is 0.0413. The van der Waals surface area contributed by atoms with Crippen molar-refractivity contribution in [3.63, 3.8) is 0 Å². The summed E-state index contributed by atoms with van der Waals surface area (Å²) in [7, 11) is 0. The smallest absolute Gasteiger partial charge is 0.416 e. The average Bonchev–Trinajstić information content (AvgIpc) is 2.61. The number of nitrogens with one attached hydrogen (secondary N) is 2. The fourth-order valence-electron chi connectivity index (χ4n) is 2.12. The molecule has 2 amide bonds. The fraction of sp³-hybridized carbons (Fsp3) is 0.167. The fourth-order valence-corrected chi connectivity index (χ4v) is 2.12. The van der Waals surface area contributed by atoms with Crippen LogP contribution >= 0.6 is 0 Å². The standard InChI is InChI=1S/C18H15F3N2O4/c1-2-27-17(26)13-8-3-4-9-14(13)23-16(25)15(24)22-12-7-5-6-11(10-12)18(19,20)21/h3-10H,2H2,1H3,(H,22,24)(H,23,25). The zero-order chi connectivity index (χ0) is 20.0. The first-order chi connectivity index (χ1) is 12.7. The molecule has 142 valence electrons. The molecule has 0 bridgehead atoms. The van der Waals surface area contributed by atoms with E-state index in [-0.39, 0.29) is 23.5 Å². The molecular weight excluding hydrogens is 365 g/mol. The van der Waals surface area contributed by atoms with Gasteiger partial charge in [0, 0.05) is 5.69 Å². The minimum atomic E-state index is -4.58. The number of carbonyl (C=O) groups excluding carboxylic acids is 3. The molecule has 2 aromatic rings. The second kappa shape index (κ2) is 8.35. The van der Waals surface area contributed by atoms with Gasteiger partial charge in [0.25, 0.3) is 0 Å². The monoisotopic (exact) mass is 380 g/mol. The maximum Gasteiger partial charge on any atom is 0.416 e. The van der Waals surface area contributed by atoms with Crippen molar-refractivity contribution in [2.75, 3.05) is 17.2 Å². The molecule has 0 saturated carbocycles. The second-order valence-electron chi connectivity index (χ2n) is 5.25. The normalized spacial score (nSPS) is 10.8. The Labute approximate surface area is 152 Å². The maximum absolute atomic E-state index is 12.7. The first-order valence-corrected chi connectivity index (χ1v) is 7.78. The van der Waals surface area contributed by atoms with Gasteiger partial charge in [-0.3, -0.25) is 9.59 Å². The Morgan fingerprint density at radius 1 is 0.963 bits per heavy atom. The summed E-state index contributed by atoms with van der Waals surface area (Å²) in [5.74, 6) is -3.02. The lowest BCUT2D eigenvalue weighted by Gasteiger charge is -2.11. The third kappa shape index (κ3) is 5.30. The highest BCUT2D eigenvalue weighted by atomic mass is 19.4. The summed E-state index contributed by atoms with van der Waals surface area (Å²) in [6.45, 7) is 1.73. The van der Waals surface area contributed by atoms with Crippen molar-refractivity contribution in [1.82, 2.24) is 0 Å². The number of hydrogen-bond acceptors (Lipinski definition) is 4. The number of esters is 1. The van der Waals surface area contributed by atoms with Crippen LogP contribution in [0.4, 0.5) is 24.5 Å². The lowest BCUT2D eigenvalue weighted by atomic mass is 10.1. The molecule has 6 nitrogen and oxygen atoms in total. The van der Waals surface area contributed by atoms with Crippen molar-refractivity contribution in [1.29, 1.82) is 0 Å². The zero-order valence-corrected chi connectivity index (χ0v) is 14.1. The largest absolute Gasteiger partial charge is 0.462 e. The van der Waals surface area contributed by atoms with Gasteiger partial charge in [-0.05, 0) is 37.3 Å². The minimum Gasteiger partial charge on any atom is -0.462 e. The molecule has 27 heavy (non-hydrogen) atoms. The number of alkyl halides is 3. The van der Waals surface area contributed by atoms with E-state index in [1.807, 2.05) is 0 Å². The van der Waals surface area contributed by atoms with Crippen molar-refractivity contribution < 1.29 is 32.3 Å². The highest BCUT2D eigenvalue weighted by Crippen LogP contribution is 2.30. The van der Waals surface area contributed by atoms with Gasteiger partial charge in [-0.25, -0.2) is 4.79 Å². The van der Waals surface area contributed by atoms with E-state index in [0.717, 1.165) is 12.1 Å². The van der Waals surface area contributed by atoms with Gasteiger partial charge in [0.15, 0.2) is 0 Å². The molecular formula is C18H15F3N2O4. The molecule has 0 radical (unpaired) electrons. The van der Waals surface area contributed by atoms with Gasteiger partial charge in [0.1, 0.15) is 0 Å². The number of anilines is 2. The Morgan fingerprint density at radius 3 is 2.30 bits per heavy atom. The molecule has 2 rings (SSSR count). The summed E-state index contributed by atoms with van der Waals surface area (Å²) in [6.07, 6.45) is -4.58. The first kappa shape index (κ1) is 20.0. The van der Waals surface area contributed by atoms with Crippen LogP contribution in [0, 0.1) is 0 Å². The molecule has 0 aromatic heterocycles. The molecule has 0 unspecified atom stereocenters. The number of rotatable bonds is 4. The summed E-state index contributed by atoms with van der Waals surface area (Å²) >= 11 is 0. The highest BCUT2D eigenvalue weighted by molar-refractivity contribution is 6.43. The Balaban J connectivity index is 2.11. The number of carbonyl (C=O) groups is 3. The zero-order valence-electron chi connectivity index (χ0n) is 14.1. The lowest BCUT2D eigenvalue weighted by Crippen LogP contribution is -2.30. The number of amides is 2. The van der Waals surface area contributed by atoms with E-state index in [9.17, 15) is 27.6 Å². The molecule has 9 heteroatoms. The number of para-hydroxylation sites is 1. The topological polar surface area (TPSA) is 84.5 Å². The van der Waals surface area contributed by atoms with Crippen LogP contribution in [0.2, 0.25) is 0 Å². The van der Waals surface area contributed by atoms with Crippen LogP contribution in [0.15, 0.2) is 48.5 Å². The Hall–Kier alpha value is -3.36. The average molecular weight is 380 g/mol. The van der Waals surface area contributed by atoms with Crippen LogP contribution in [0.25, 0.3) is 0 Å². The molecule has 0 aliphatic heterocycles. The van der Waals surface area contributed by atoms with Crippen LogP contribution in [0.5, 0.6) is 0 Å². The summed E-state index contributed by atoms with van der Waals surface area (Å²) in [5, 5.41) is 4.32. The van der Waals surface area contributed by atoms with Gasteiger partial charge < -0.3 is 15.4 Å². The van der Waals surface area contributed by atoms with E-state index in [2.05, 4.69) is 10.6 Å².